The van der Waals surface area contributed by atoms with Crippen LogP contribution < -0.4 is 5.32 Å². The van der Waals surface area contributed by atoms with Gasteiger partial charge in [-0.3, -0.25) is 10.00 Å². The molecule has 1 saturated carbocycles. The highest BCUT2D eigenvalue weighted by atomic mass is 16.2. The van der Waals surface area contributed by atoms with Crippen LogP contribution in [0.4, 0.5) is 10.6 Å². The molecular formula is C19H28N6O. The molecule has 1 aliphatic heterocycles. The topological polar surface area (TPSA) is 68.0 Å². The van der Waals surface area contributed by atoms with Gasteiger partial charge in [0.15, 0.2) is 0 Å². The number of anilines is 1. The number of carbonyl (C=O) groups excluding carboxylic acids is 1. The number of rotatable bonds is 5. The third-order valence-electron chi connectivity index (χ3n) is 5.70. The fourth-order valence-corrected chi connectivity index (χ4v) is 4.30. The van der Waals surface area contributed by atoms with Gasteiger partial charge in [0.1, 0.15) is 5.82 Å². The Hall–Kier alpha value is -2.31. The molecule has 2 fully saturated rings. The van der Waals surface area contributed by atoms with Gasteiger partial charge in [-0.05, 0) is 37.7 Å². The minimum Gasteiger partial charge on any atom is -0.320 e. The van der Waals surface area contributed by atoms with Crippen LogP contribution in [0.1, 0.15) is 44.9 Å². The van der Waals surface area contributed by atoms with Gasteiger partial charge in [0.25, 0.3) is 0 Å². The number of aromatic nitrogens is 4. The summed E-state index contributed by atoms with van der Waals surface area (Å²) in [6, 6.07) is 4.00. The van der Waals surface area contributed by atoms with Gasteiger partial charge in [-0.15, -0.1) is 0 Å². The molecule has 0 radical (unpaired) electrons. The summed E-state index contributed by atoms with van der Waals surface area (Å²) in [5, 5.41) is 11.8. The molecule has 7 nitrogen and oxygen atoms in total. The molecule has 2 aliphatic rings. The van der Waals surface area contributed by atoms with E-state index in [4.69, 9.17) is 0 Å². The van der Waals surface area contributed by atoms with E-state index in [1.165, 1.54) is 32.1 Å². The second kappa shape index (κ2) is 7.93. The first-order valence-corrected chi connectivity index (χ1v) is 9.86. The standard InChI is InChI=1S/C19H28N6O/c26-19(24-13-4-8-17(24)15-23-12-5-10-20-23)22-18-9-11-21-25(18)14-16-6-2-1-3-7-16/h5,9-12,16-17H,1-4,6-8,13-15H2,(H,22,26). The molecule has 7 heteroatoms. The van der Waals surface area contributed by atoms with Crippen molar-refractivity contribution in [2.24, 2.45) is 5.92 Å². The Balaban J connectivity index is 1.37. The predicted octanol–water partition coefficient (Wildman–Crippen LogP) is 3.36. The van der Waals surface area contributed by atoms with E-state index >= 15 is 0 Å². The van der Waals surface area contributed by atoms with Crippen LogP contribution in [0.15, 0.2) is 30.7 Å². The van der Waals surface area contributed by atoms with E-state index in [1.54, 1.807) is 12.4 Å². The van der Waals surface area contributed by atoms with Crippen molar-refractivity contribution in [1.29, 1.82) is 0 Å². The Morgan fingerprint density at radius 3 is 2.77 bits per heavy atom. The maximum Gasteiger partial charge on any atom is 0.323 e. The molecule has 2 aromatic rings. The Labute approximate surface area is 154 Å². The van der Waals surface area contributed by atoms with Gasteiger partial charge in [-0.1, -0.05) is 19.3 Å². The van der Waals surface area contributed by atoms with Crippen molar-refractivity contribution >= 4 is 11.8 Å². The Kier molecular flexibility index (Phi) is 5.22. The van der Waals surface area contributed by atoms with Crippen LogP contribution in [-0.2, 0) is 13.1 Å². The molecule has 0 bridgehead atoms. The number of hydrogen-bond acceptors (Lipinski definition) is 3. The van der Waals surface area contributed by atoms with E-state index in [0.717, 1.165) is 38.3 Å². The summed E-state index contributed by atoms with van der Waals surface area (Å²) >= 11 is 0. The summed E-state index contributed by atoms with van der Waals surface area (Å²) in [7, 11) is 0. The van der Waals surface area contributed by atoms with E-state index in [1.807, 2.05) is 32.6 Å². The van der Waals surface area contributed by atoms with E-state index in [-0.39, 0.29) is 12.1 Å². The third-order valence-corrected chi connectivity index (χ3v) is 5.70. The molecule has 1 atom stereocenters. The maximum absolute atomic E-state index is 12.8. The van der Waals surface area contributed by atoms with Crippen LogP contribution in [0.3, 0.4) is 0 Å². The van der Waals surface area contributed by atoms with Crippen LogP contribution in [0.2, 0.25) is 0 Å². The summed E-state index contributed by atoms with van der Waals surface area (Å²) in [5.74, 6) is 1.49. The van der Waals surface area contributed by atoms with Crippen molar-refractivity contribution in [3.05, 3.63) is 30.7 Å². The lowest BCUT2D eigenvalue weighted by Crippen LogP contribution is -2.41. The van der Waals surface area contributed by atoms with Crippen molar-refractivity contribution in [1.82, 2.24) is 24.5 Å². The highest BCUT2D eigenvalue weighted by Gasteiger charge is 2.29. The third kappa shape index (κ3) is 3.92. The van der Waals surface area contributed by atoms with E-state index in [2.05, 4.69) is 15.5 Å². The molecule has 1 saturated heterocycles. The zero-order valence-corrected chi connectivity index (χ0v) is 15.3. The molecule has 0 aromatic carbocycles. The lowest BCUT2D eigenvalue weighted by molar-refractivity contribution is 0.199. The summed E-state index contributed by atoms with van der Waals surface area (Å²) in [4.78, 5) is 14.8. The van der Waals surface area contributed by atoms with Crippen LogP contribution >= 0.6 is 0 Å². The highest BCUT2D eigenvalue weighted by Crippen LogP contribution is 2.26. The zero-order valence-electron chi connectivity index (χ0n) is 15.3. The zero-order chi connectivity index (χ0) is 17.8. The molecule has 2 amide bonds. The summed E-state index contributed by atoms with van der Waals surface area (Å²) in [5.41, 5.74) is 0. The average Bonchev–Trinajstić information content (AvgIpc) is 3.40. The first-order chi connectivity index (χ1) is 12.8. The molecular weight excluding hydrogens is 328 g/mol. The monoisotopic (exact) mass is 356 g/mol. The average molecular weight is 356 g/mol. The molecule has 1 aliphatic carbocycles. The summed E-state index contributed by atoms with van der Waals surface area (Å²) in [6.45, 7) is 2.45. The number of hydrogen-bond donors (Lipinski definition) is 1. The molecule has 26 heavy (non-hydrogen) atoms. The van der Waals surface area contributed by atoms with Crippen LogP contribution in [0.25, 0.3) is 0 Å². The van der Waals surface area contributed by atoms with Gasteiger partial charge in [-0.2, -0.15) is 10.2 Å². The van der Waals surface area contributed by atoms with Crippen LogP contribution in [0, 0.1) is 5.92 Å². The maximum atomic E-state index is 12.8. The van der Waals surface area contributed by atoms with Crippen LogP contribution in [0.5, 0.6) is 0 Å². The largest absolute Gasteiger partial charge is 0.323 e. The number of carbonyl (C=O) groups is 1. The Morgan fingerprint density at radius 2 is 1.96 bits per heavy atom. The second-order valence-electron chi connectivity index (χ2n) is 7.55. The summed E-state index contributed by atoms with van der Waals surface area (Å²) in [6.07, 6.45) is 14.1. The predicted molar refractivity (Wildman–Crippen MR) is 99.8 cm³/mol. The van der Waals surface area contributed by atoms with Crippen LogP contribution in [-0.4, -0.2) is 43.1 Å². The number of amides is 2. The molecule has 1 unspecified atom stereocenters. The molecule has 1 N–H and O–H groups in total. The second-order valence-corrected chi connectivity index (χ2v) is 7.55. The van der Waals surface area contributed by atoms with Gasteiger partial charge in [0.05, 0.1) is 18.8 Å². The number of nitrogens with zero attached hydrogens (tertiary/aromatic N) is 5. The van der Waals surface area contributed by atoms with Crippen molar-refractivity contribution in [3.8, 4) is 0 Å². The molecule has 4 rings (SSSR count). The first-order valence-electron chi connectivity index (χ1n) is 9.86. The van der Waals surface area contributed by atoms with E-state index < -0.39 is 0 Å². The quantitative estimate of drug-likeness (QED) is 0.893. The smallest absolute Gasteiger partial charge is 0.320 e. The lowest BCUT2D eigenvalue weighted by atomic mass is 9.89. The van der Waals surface area contributed by atoms with E-state index in [0.29, 0.717) is 5.92 Å². The molecule has 3 heterocycles. The fourth-order valence-electron chi connectivity index (χ4n) is 4.30. The molecule has 140 valence electrons. The molecule has 0 spiro atoms. The number of urea groups is 1. The number of nitrogens with one attached hydrogen (secondary N) is 1. The SMILES string of the molecule is O=C(Nc1ccnn1CC1CCCCC1)N1CCCC1Cn1cccn1. The van der Waals surface area contributed by atoms with Gasteiger partial charge in [0, 0.05) is 31.5 Å². The van der Waals surface area contributed by atoms with Crippen molar-refractivity contribution < 1.29 is 4.79 Å². The van der Waals surface area contributed by atoms with Gasteiger partial charge in [0.2, 0.25) is 0 Å². The minimum atomic E-state index is -0.0231. The van der Waals surface area contributed by atoms with Gasteiger partial charge < -0.3 is 4.90 Å². The Bertz CT molecular complexity index is 703. The van der Waals surface area contributed by atoms with Gasteiger partial charge in [-0.25, -0.2) is 9.48 Å². The number of likely N-dealkylation sites (tertiary alicyclic amines) is 1. The van der Waals surface area contributed by atoms with Crippen molar-refractivity contribution in [2.45, 2.75) is 64.1 Å². The lowest BCUT2D eigenvalue weighted by Gasteiger charge is -2.26. The highest BCUT2D eigenvalue weighted by molar-refractivity contribution is 5.88. The normalized spacial score (nSPS) is 21.2. The molecule has 2 aromatic heterocycles. The fraction of sp³-hybridized carbons (Fsp3) is 0.632. The Morgan fingerprint density at radius 1 is 1.08 bits per heavy atom. The summed E-state index contributed by atoms with van der Waals surface area (Å²) < 4.78 is 3.87. The van der Waals surface area contributed by atoms with E-state index in [9.17, 15) is 4.79 Å². The first kappa shape index (κ1) is 17.1. The van der Waals surface area contributed by atoms with Crippen molar-refractivity contribution in [3.63, 3.8) is 0 Å². The van der Waals surface area contributed by atoms with Crippen molar-refractivity contribution in [2.75, 3.05) is 11.9 Å². The minimum absolute atomic E-state index is 0.0231. The van der Waals surface area contributed by atoms with Gasteiger partial charge >= 0.3 is 6.03 Å².